The van der Waals surface area contributed by atoms with Crippen molar-refractivity contribution in [3.05, 3.63) is 40.1 Å². The van der Waals surface area contributed by atoms with E-state index in [2.05, 4.69) is 20.9 Å². The minimum absolute atomic E-state index is 0.0959. The minimum atomic E-state index is -0.300. The second-order valence-electron chi connectivity index (χ2n) is 6.33. The Balaban J connectivity index is 1.71. The summed E-state index contributed by atoms with van der Waals surface area (Å²) in [5.41, 5.74) is 1.66. The number of hydrogen-bond donors (Lipinski definition) is 0. The van der Waals surface area contributed by atoms with Crippen LogP contribution in [-0.2, 0) is 9.47 Å². The molecule has 0 unspecified atom stereocenters. The lowest BCUT2D eigenvalue weighted by molar-refractivity contribution is 0.0861. The van der Waals surface area contributed by atoms with Gasteiger partial charge in [-0.2, -0.15) is 0 Å². The molecule has 0 saturated heterocycles. The maximum Gasteiger partial charge on any atom is 0.410 e. The van der Waals surface area contributed by atoms with Crippen LogP contribution < -0.4 is 0 Å². The van der Waals surface area contributed by atoms with Crippen LogP contribution in [0.3, 0.4) is 0 Å². The molecule has 5 nitrogen and oxygen atoms in total. The van der Waals surface area contributed by atoms with Crippen LogP contribution in [0.2, 0.25) is 0 Å². The summed E-state index contributed by atoms with van der Waals surface area (Å²) in [4.78, 5) is 18.6. The molecule has 0 N–H and O–H groups in total. The van der Waals surface area contributed by atoms with Gasteiger partial charge in [0.2, 0.25) is 0 Å². The highest BCUT2D eigenvalue weighted by molar-refractivity contribution is 9.10. The molecule has 1 amide bonds. The zero-order valence-electron chi connectivity index (χ0n) is 14.4. The largest absolute Gasteiger partial charge is 0.492 e. The second-order valence-corrected chi connectivity index (χ2v) is 7.25. The Kier molecular flexibility index (Phi) is 6.13. The van der Waals surface area contributed by atoms with Gasteiger partial charge in [-0.3, -0.25) is 4.99 Å². The average Bonchev–Trinajstić information content (AvgIpc) is 3.06. The summed E-state index contributed by atoms with van der Waals surface area (Å²) in [7, 11) is 1.81. The Bertz CT molecular complexity index is 664. The number of rotatable bonds is 4. The zero-order valence-corrected chi connectivity index (χ0v) is 16.0. The van der Waals surface area contributed by atoms with Gasteiger partial charge in [0, 0.05) is 35.8 Å². The number of carbonyl (C=O) groups is 1. The normalized spacial score (nSPS) is 18.0. The van der Waals surface area contributed by atoms with Crippen LogP contribution in [0.25, 0.3) is 5.70 Å². The van der Waals surface area contributed by atoms with E-state index in [1.54, 1.807) is 4.90 Å². The molecular formula is C19H23BrN2O3. The fraction of sp³-hybridized carbons (Fsp3) is 0.474. The fourth-order valence-electron chi connectivity index (χ4n) is 3.15. The first-order valence-corrected chi connectivity index (χ1v) is 9.48. The van der Waals surface area contributed by atoms with Crippen molar-refractivity contribution in [3.63, 3.8) is 0 Å². The van der Waals surface area contributed by atoms with E-state index in [-0.39, 0.29) is 12.7 Å². The molecule has 1 aliphatic heterocycles. The van der Waals surface area contributed by atoms with Gasteiger partial charge in [0.25, 0.3) is 0 Å². The number of halogens is 1. The molecule has 2 aliphatic rings. The molecule has 1 heterocycles. The minimum Gasteiger partial charge on any atom is -0.492 e. The van der Waals surface area contributed by atoms with E-state index < -0.39 is 0 Å². The molecule has 1 fully saturated rings. The molecule has 0 atom stereocenters. The van der Waals surface area contributed by atoms with Gasteiger partial charge in [0.15, 0.2) is 12.4 Å². The highest BCUT2D eigenvalue weighted by Gasteiger charge is 2.25. The molecule has 1 saturated carbocycles. The molecule has 134 valence electrons. The van der Waals surface area contributed by atoms with Gasteiger partial charge in [0.1, 0.15) is 5.70 Å². The van der Waals surface area contributed by atoms with Crippen LogP contribution in [0.1, 0.15) is 37.7 Å². The predicted octanol–water partition coefficient (Wildman–Crippen LogP) is 4.62. The van der Waals surface area contributed by atoms with Gasteiger partial charge in [0.05, 0.1) is 6.61 Å². The van der Waals surface area contributed by atoms with E-state index >= 15 is 0 Å². The number of ether oxygens (including phenoxy) is 2. The van der Waals surface area contributed by atoms with Crippen LogP contribution in [0.4, 0.5) is 4.79 Å². The van der Waals surface area contributed by atoms with Gasteiger partial charge in [-0.05, 0) is 25.0 Å². The maximum absolute atomic E-state index is 12.3. The lowest BCUT2D eigenvalue weighted by Crippen LogP contribution is -2.36. The van der Waals surface area contributed by atoms with E-state index in [1.165, 1.54) is 12.8 Å². The Morgan fingerprint density at radius 1 is 1.32 bits per heavy atom. The van der Waals surface area contributed by atoms with Crippen molar-refractivity contribution in [2.45, 2.75) is 38.1 Å². The molecule has 1 aromatic carbocycles. The van der Waals surface area contributed by atoms with E-state index in [4.69, 9.17) is 9.47 Å². The van der Waals surface area contributed by atoms with Crippen molar-refractivity contribution in [2.24, 2.45) is 4.99 Å². The average molecular weight is 407 g/mol. The van der Waals surface area contributed by atoms with Crippen molar-refractivity contribution in [2.75, 3.05) is 20.3 Å². The second kappa shape index (κ2) is 8.52. The Labute approximate surface area is 156 Å². The van der Waals surface area contributed by atoms with Gasteiger partial charge >= 0.3 is 6.09 Å². The van der Waals surface area contributed by atoms with Crippen molar-refractivity contribution in [3.8, 4) is 0 Å². The number of aliphatic imine (C=N–C) groups is 1. The third-order valence-electron chi connectivity index (χ3n) is 4.61. The summed E-state index contributed by atoms with van der Waals surface area (Å²) in [6.07, 6.45) is 6.75. The van der Waals surface area contributed by atoms with Crippen LogP contribution in [0, 0.1) is 0 Å². The highest BCUT2D eigenvalue weighted by Crippen LogP contribution is 2.26. The summed E-state index contributed by atoms with van der Waals surface area (Å²) >= 11 is 3.44. The molecule has 1 aliphatic carbocycles. The summed E-state index contributed by atoms with van der Waals surface area (Å²) < 4.78 is 12.3. The fourth-order valence-corrected chi connectivity index (χ4v) is 3.42. The Morgan fingerprint density at radius 3 is 2.76 bits per heavy atom. The summed E-state index contributed by atoms with van der Waals surface area (Å²) in [6, 6.07) is 8.15. The number of benzene rings is 1. The molecule has 0 spiro atoms. The highest BCUT2D eigenvalue weighted by atomic mass is 79.9. The molecule has 6 heteroatoms. The zero-order chi connectivity index (χ0) is 17.6. The third-order valence-corrected chi connectivity index (χ3v) is 5.14. The topological polar surface area (TPSA) is 51.1 Å². The first kappa shape index (κ1) is 18.0. The summed E-state index contributed by atoms with van der Waals surface area (Å²) in [5, 5.41) is 0. The first-order chi connectivity index (χ1) is 12.1. The molecular weight excluding hydrogens is 384 g/mol. The molecule has 0 aromatic heterocycles. The molecule has 0 radical (unpaired) electrons. The number of hydrogen-bond acceptors (Lipinski definition) is 4. The number of carbonyl (C=O) groups excluding carboxylic acids is 1. The quantitative estimate of drug-likeness (QED) is 0.732. The van der Waals surface area contributed by atoms with Crippen molar-refractivity contribution in [1.82, 2.24) is 4.90 Å². The smallest absolute Gasteiger partial charge is 0.410 e. The van der Waals surface area contributed by atoms with Gasteiger partial charge in [-0.15, -0.1) is 0 Å². The predicted molar refractivity (Wildman–Crippen MR) is 101 cm³/mol. The van der Waals surface area contributed by atoms with Gasteiger partial charge in [-0.25, -0.2) is 4.79 Å². The molecule has 1 aromatic rings. The SMILES string of the molecule is CN(C(=O)OCC1=C(c2ccc(Br)cc2)N=CCCO1)C1CCCC1. The lowest BCUT2D eigenvalue weighted by Gasteiger charge is -2.24. The Hall–Kier alpha value is -1.82. The molecule has 0 bridgehead atoms. The van der Waals surface area contributed by atoms with Gasteiger partial charge < -0.3 is 14.4 Å². The lowest BCUT2D eigenvalue weighted by atomic mass is 10.1. The molecule has 3 rings (SSSR count). The maximum atomic E-state index is 12.3. The van der Waals surface area contributed by atoms with Crippen LogP contribution in [0.15, 0.2) is 39.5 Å². The van der Waals surface area contributed by atoms with Gasteiger partial charge in [-0.1, -0.05) is 40.9 Å². The van der Waals surface area contributed by atoms with Crippen LogP contribution >= 0.6 is 15.9 Å². The Morgan fingerprint density at radius 2 is 2.04 bits per heavy atom. The summed E-state index contributed by atoms with van der Waals surface area (Å²) in [5.74, 6) is 0.601. The monoisotopic (exact) mass is 406 g/mol. The van der Waals surface area contributed by atoms with E-state index in [9.17, 15) is 4.79 Å². The van der Waals surface area contributed by atoms with Crippen LogP contribution in [-0.4, -0.2) is 43.5 Å². The molecule has 25 heavy (non-hydrogen) atoms. The van der Waals surface area contributed by atoms with E-state index in [1.807, 2.05) is 37.5 Å². The van der Waals surface area contributed by atoms with Crippen molar-refractivity contribution < 1.29 is 14.3 Å². The van der Waals surface area contributed by atoms with Crippen molar-refractivity contribution >= 4 is 33.9 Å². The number of amides is 1. The number of nitrogens with zero attached hydrogens (tertiary/aromatic N) is 2. The van der Waals surface area contributed by atoms with Crippen molar-refractivity contribution in [1.29, 1.82) is 0 Å². The third kappa shape index (κ3) is 4.63. The first-order valence-electron chi connectivity index (χ1n) is 8.69. The van der Waals surface area contributed by atoms with Crippen LogP contribution in [0.5, 0.6) is 0 Å². The van der Waals surface area contributed by atoms with E-state index in [0.717, 1.165) is 35.0 Å². The summed E-state index contributed by atoms with van der Waals surface area (Å²) in [6.45, 7) is 0.632. The van der Waals surface area contributed by atoms with E-state index in [0.29, 0.717) is 18.4 Å². The standard InChI is InChI=1S/C19H23BrN2O3/c1-22(16-5-2-3-6-16)19(23)25-13-17-18(21-11-4-12-24-17)14-7-9-15(20)10-8-14/h7-11,16H,2-6,12-13H2,1H3.